The zero-order chi connectivity index (χ0) is 19.6. The standard InChI is InChI=1S/C22H26N4O2/c23-21(28)19-6-4-5-16-13-26(25-20(16)19)18-9-7-17(8-10-18)24-14-22(15-27)11-2-1-3-12-22/h4-10,13,24,27H,1-3,11-12,14-15H2,(H2,23,28). The molecule has 4 N–H and O–H groups in total. The van der Waals surface area contributed by atoms with Gasteiger partial charge in [-0.05, 0) is 43.2 Å². The number of hydrogen-bond donors (Lipinski definition) is 3. The Morgan fingerprint density at radius 2 is 1.89 bits per heavy atom. The number of nitrogens with zero attached hydrogens (tertiary/aromatic N) is 2. The zero-order valence-corrected chi connectivity index (χ0v) is 15.9. The van der Waals surface area contributed by atoms with Crippen molar-refractivity contribution in [1.29, 1.82) is 0 Å². The summed E-state index contributed by atoms with van der Waals surface area (Å²) in [5.41, 5.74) is 8.42. The number of aliphatic hydroxyl groups is 1. The minimum atomic E-state index is -0.476. The van der Waals surface area contributed by atoms with E-state index in [-0.39, 0.29) is 12.0 Å². The summed E-state index contributed by atoms with van der Waals surface area (Å²) in [5, 5.41) is 18.8. The lowest BCUT2D eigenvalue weighted by Crippen LogP contribution is -2.35. The Morgan fingerprint density at radius 1 is 1.14 bits per heavy atom. The molecule has 146 valence electrons. The first-order chi connectivity index (χ1) is 13.6. The van der Waals surface area contributed by atoms with E-state index in [9.17, 15) is 9.90 Å². The number of fused-ring (bicyclic) bond motifs is 1. The number of amides is 1. The number of rotatable bonds is 6. The molecule has 2 aromatic carbocycles. The van der Waals surface area contributed by atoms with Crippen molar-refractivity contribution in [2.24, 2.45) is 11.1 Å². The van der Waals surface area contributed by atoms with Gasteiger partial charge in [0.25, 0.3) is 5.91 Å². The van der Waals surface area contributed by atoms with Crippen LogP contribution in [-0.2, 0) is 0 Å². The summed E-state index contributed by atoms with van der Waals surface area (Å²) in [6.07, 6.45) is 7.72. The van der Waals surface area contributed by atoms with E-state index < -0.39 is 5.91 Å². The molecule has 1 amide bonds. The second-order valence-corrected chi connectivity index (χ2v) is 7.80. The van der Waals surface area contributed by atoms with Gasteiger partial charge in [-0.3, -0.25) is 4.79 Å². The van der Waals surface area contributed by atoms with E-state index in [1.807, 2.05) is 42.6 Å². The Balaban J connectivity index is 1.51. The summed E-state index contributed by atoms with van der Waals surface area (Å²) in [6, 6.07) is 13.4. The van der Waals surface area contributed by atoms with E-state index >= 15 is 0 Å². The summed E-state index contributed by atoms with van der Waals surface area (Å²) in [7, 11) is 0. The number of benzene rings is 2. The summed E-state index contributed by atoms with van der Waals surface area (Å²) < 4.78 is 1.76. The Bertz CT molecular complexity index is 972. The maximum atomic E-state index is 11.6. The molecule has 0 saturated heterocycles. The molecule has 1 aliphatic carbocycles. The summed E-state index contributed by atoms with van der Waals surface area (Å²) >= 11 is 0. The lowest BCUT2D eigenvalue weighted by molar-refractivity contribution is 0.0944. The van der Waals surface area contributed by atoms with E-state index in [0.717, 1.165) is 36.1 Å². The predicted molar refractivity (Wildman–Crippen MR) is 111 cm³/mol. The summed E-state index contributed by atoms with van der Waals surface area (Å²) in [4.78, 5) is 11.6. The van der Waals surface area contributed by atoms with Crippen molar-refractivity contribution in [2.45, 2.75) is 32.1 Å². The van der Waals surface area contributed by atoms with E-state index in [0.29, 0.717) is 11.1 Å². The molecule has 0 spiro atoms. The number of primary amides is 1. The second-order valence-electron chi connectivity index (χ2n) is 7.80. The minimum Gasteiger partial charge on any atom is -0.396 e. The van der Waals surface area contributed by atoms with Crippen LogP contribution < -0.4 is 11.1 Å². The van der Waals surface area contributed by atoms with Gasteiger partial charge in [0.2, 0.25) is 0 Å². The van der Waals surface area contributed by atoms with Crippen LogP contribution >= 0.6 is 0 Å². The number of hydrogen-bond acceptors (Lipinski definition) is 4. The van der Waals surface area contributed by atoms with E-state index in [1.54, 1.807) is 10.7 Å². The predicted octanol–water partition coefficient (Wildman–Crippen LogP) is 3.48. The van der Waals surface area contributed by atoms with Gasteiger partial charge in [0, 0.05) is 29.2 Å². The van der Waals surface area contributed by atoms with Gasteiger partial charge in [-0.2, -0.15) is 5.10 Å². The molecular weight excluding hydrogens is 352 g/mol. The number of anilines is 1. The smallest absolute Gasteiger partial charge is 0.250 e. The number of nitrogens with one attached hydrogen (secondary N) is 1. The highest BCUT2D eigenvalue weighted by Gasteiger charge is 2.31. The molecule has 1 aromatic heterocycles. The van der Waals surface area contributed by atoms with Crippen LogP contribution in [-0.4, -0.2) is 33.9 Å². The van der Waals surface area contributed by atoms with Gasteiger partial charge >= 0.3 is 0 Å². The topological polar surface area (TPSA) is 93.2 Å². The molecule has 0 atom stereocenters. The first-order valence-electron chi connectivity index (χ1n) is 9.84. The SMILES string of the molecule is NC(=O)c1cccc2cn(-c3ccc(NCC4(CO)CCCCC4)cc3)nc12. The molecule has 0 aliphatic heterocycles. The fourth-order valence-electron chi connectivity index (χ4n) is 4.09. The fraction of sp³-hybridized carbons (Fsp3) is 0.364. The molecule has 1 aliphatic rings. The average molecular weight is 378 g/mol. The summed E-state index contributed by atoms with van der Waals surface area (Å²) in [6.45, 7) is 1.02. The second kappa shape index (κ2) is 7.64. The third kappa shape index (κ3) is 3.60. The van der Waals surface area contributed by atoms with Crippen LogP contribution in [0.3, 0.4) is 0 Å². The van der Waals surface area contributed by atoms with E-state index in [1.165, 1.54) is 19.3 Å². The van der Waals surface area contributed by atoms with Crippen molar-refractivity contribution in [1.82, 2.24) is 9.78 Å². The first-order valence-corrected chi connectivity index (χ1v) is 9.84. The number of carbonyl (C=O) groups is 1. The van der Waals surface area contributed by atoms with E-state index in [2.05, 4.69) is 10.4 Å². The minimum absolute atomic E-state index is 0.00178. The highest BCUT2D eigenvalue weighted by molar-refractivity contribution is 6.04. The molecule has 0 radical (unpaired) electrons. The lowest BCUT2D eigenvalue weighted by atomic mass is 9.74. The van der Waals surface area contributed by atoms with Gasteiger partial charge in [-0.25, -0.2) is 4.68 Å². The number of aromatic nitrogens is 2. The van der Waals surface area contributed by atoms with Crippen molar-refractivity contribution >= 4 is 22.5 Å². The maximum Gasteiger partial charge on any atom is 0.250 e. The molecule has 1 heterocycles. The third-order valence-electron chi connectivity index (χ3n) is 5.85. The number of nitrogens with two attached hydrogens (primary N) is 1. The number of aliphatic hydroxyl groups excluding tert-OH is 1. The van der Waals surface area contributed by atoms with Crippen molar-refractivity contribution in [3.05, 3.63) is 54.2 Å². The Morgan fingerprint density at radius 3 is 2.57 bits per heavy atom. The highest BCUT2D eigenvalue weighted by Crippen LogP contribution is 2.36. The Hall–Kier alpha value is -2.86. The molecule has 4 rings (SSSR count). The van der Waals surface area contributed by atoms with Crippen molar-refractivity contribution < 1.29 is 9.90 Å². The lowest BCUT2D eigenvalue weighted by Gasteiger charge is -2.36. The Kier molecular flexibility index (Phi) is 5.05. The van der Waals surface area contributed by atoms with Crippen molar-refractivity contribution in [2.75, 3.05) is 18.5 Å². The van der Waals surface area contributed by atoms with Crippen LogP contribution in [0.2, 0.25) is 0 Å². The first kappa shape index (κ1) is 18.5. The fourth-order valence-corrected chi connectivity index (χ4v) is 4.09. The van der Waals surface area contributed by atoms with Gasteiger partial charge < -0.3 is 16.2 Å². The Labute approximate surface area is 164 Å². The van der Waals surface area contributed by atoms with Crippen LogP contribution in [0.4, 0.5) is 5.69 Å². The molecule has 28 heavy (non-hydrogen) atoms. The molecule has 3 aromatic rings. The van der Waals surface area contributed by atoms with Gasteiger partial charge in [-0.1, -0.05) is 31.4 Å². The van der Waals surface area contributed by atoms with Crippen LogP contribution in [0.25, 0.3) is 16.6 Å². The van der Waals surface area contributed by atoms with Gasteiger partial charge in [0.05, 0.1) is 17.9 Å². The van der Waals surface area contributed by atoms with E-state index in [4.69, 9.17) is 5.73 Å². The van der Waals surface area contributed by atoms with Crippen LogP contribution in [0.5, 0.6) is 0 Å². The van der Waals surface area contributed by atoms with Gasteiger partial charge in [0.15, 0.2) is 0 Å². The van der Waals surface area contributed by atoms with Gasteiger partial charge in [-0.15, -0.1) is 0 Å². The monoisotopic (exact) mass is 378 g/mol. The van der Waals surface area contributed by atoms with Crippen LogP contribution in [0, 0.1) is 5.41 Å². The third-order valence-corrected chi connectivity index (χ3v) is 5.85. The van der Waals surface area contributed by atoms with Gasteiger partial charge in [0.1, 0.15) is 5.52 Å². The molecule has 1 saturated carbocycles. The summed E-state index contributed by atoms with van der Waals surface area (Å²) in [5.74, 6) is -0.476. The van der Waals surface area contributed by atoms with Crippen LogP contribution in [0.15, 0.2) is 48.7 Å². The number of carbonyl (C=O) groups excluding carboxylic acids is 1. The molecule has 6 heteroatoms. The van der Waals surface area contributed by atoms with Crippen LogP contribution in [0.1, 0.15) is 42.5 Å². The highest BCUT2D eigenvalue weighted by atomic mass is 16.3. The zero-order valence-electron chi connectivity index (χ0n) is 15.9. The largest absolute Gasteiger partial charge is 0.396 e. The molecular formula is C22H26N4O2. The molecule has 0 unspecified atom stereocenters. The quantitative estimate of drug-likeness (QED) is 0.612. The molecule has 1 fully saturated rings. The normalized spacial score (nSPS) is 16.2. The maximum absolute atomic E-state index is 11.6. The average Bonchev–Trinajstić information content (AvgIpc) is 3.17. The van der Waals surface area contributed by atoms with Crippen molar-refractivity contribution in [3.63, 3.8) is 0 Å². The molecule has 6 nitrogen and oxygen atoms in total. The van der Waals surface area contributed by atoms with Crippen molar-refractivity contribution in [3.8, 4) is 5.69 Å². The molecule has 0 bridgehead atoms.